The summed E-state index contributed by atoms with van der Waals surface area (Å²) in [6.45, 7) is 5.47. The van der Waals surface area contributed by atoms with Crippen LogP contribution in [0.15, 0.2) is 42.5 Å². The molecule has 1 aliphatic heterocycles. The molecule has 0 spiro atoms. The maximum atomic E-state index is 14.1. The van der Waals surface area contributed by atoms with Crippen LogP contribution >= 0.6 is 0 Å². The van der Waals surface area contributed by atoms with Gasteiger partial charge < -0.3 is 9.47 Å². The molecule has 6 heteroatoms. The van der Waals surface area contributed by atoms with Crippen LogP contribution in [0.2, 0.25) is 0 Å². The summed E-state index contributed by atoms with van der Waals surface area (Å²) in [5, 5.41) is 0. The maximum absolute atomic E-state index is 14.1. The summed E-state index contributed by atoms with van der Waals surface area (Å²) in [6, 6.07) is 12.5. The van der Waals surface area contributed by atoms with Crippen molar-refractivity contribution in [3.05, 3.63) is 65.2 Å². The summed E-state index contributed by atoms with van der Waals surface area (Å²) >= 11 is 0. The number of hydrogen-bond donors (Lipinski definition) is 0. The Morgan fingerprint density at radius 2 is 1.73 bits per heavy atom. The van der Waals surface area contributed by atoms with Gasteiger partial charge in [-0.05, 0) is 44.0 Å². The number of rotatable bonds is 10. The lowest BCUT2D eigenvalue weighted by molar-refractivity contribution is 0.105. The zero-order valence-electron chi connectivity index (χ0n) is 17.9. The van der Waals surface area contributed by atoms with Crippen LogP contribution in [0.3, 0.4) is 0 Å². The molecule has 164 valence electrons. The Labute approximate surface area is 178 Å². The van der Waals surface area contributed by atoms with Crippen molar-refractivity contribution in [1.29, 1.82) is 0 Å². The summed E-state index contributed by atoms with van der Waals surface area (Å²) in [5.41, 5.74) is 1.61. The Balaban J connectivity index is 1.54. The predicted molar refractivity (Wildman–Crippen MR) is 115 cm³/mol. The van der Waals surface area contributed by atoms with E-state index in [4.69, 9.17) is 9.47 Å². The van der Waals surface area contributed by atoms with Crippen LogP contribution in [-0.2, 0) is 17.8 Å². The fraction of sp³-hybridized carbons (Fsp3) is 0.500. The van der Waals surface area contributed by atoms with Gasteiger partial charge in [0.05, 0.1) is 13.7 Å². The van der Waals surface area contributed by atoms with Gasteiger partial charge in [0.25, 0.3) is 0 Å². The largest absolute Gasteiger partial charge is 0.496 e. The lowest BCUT2D eigenvalue weighted by atomic mass is 9.95. The lowest BCUT2D eigenvalue weighted by Crippen LogP contribution is -2.39. The number of piperidine rings is 1. The van der Waals surface area contributed by atoms with E-state index in [0.29, 0.717) is 31.2 Å². The molecule has 1 aliphatic rings. The second kappa shape index (κ2) is 11.4. The van der Waals surface area contributed by atoms with Crippen molar-refractivity contribution < 1.29 is 18.3 Å². The molecule has 0 amide bonds. The van der Waals surface area contributed by atoms with Crippen LogP contribution in [0.5, 0.6) is 5.75 Å². The summed E-state index contributed by atoms with van der Waals surface area (Å²) < 4.78 is 38.4. The van der Waals surface area contributed by atoms with Gasteiger partial charge >= 0.3 is 0 Å². The third-order valence-electron chi connectivity index (χ3n) is 5.85. The number of benzene rings is 2. The number of hydrogen-bond acceptors (Lipinski definition) is 4. The fourth-order valence-electron chi connectivity index (χ4n) is 4.13. The molecule has 2 aromatic rings. The van der Waals surface area contributed by atoms with Gasteiger partial charge in [-0.3, -0.25) is 9.80 Å². The Kier molecular flexibility index (Phi) is 8.61. The molecule has 0 bridgehead atoms. The summed E-state index contributed by atoms with van der Waals surface area (Å²) in [7, 11) is 3.37. The van der Waals surface area contributed by atoms with Crippen molar-refractivity contribution in [3.63, 3.8) is 0 Å². The third kappa shape index (κ3) is 6.24. The number of para-hydroxylation sites is 1. The van der Waals surface area contributed by atoms with Crippen LogP contribution in [0, 0.1) is 17.6 Å². The molecule has 1 fully saturated rings. The van der Waals surface area contributed by atoms with E-state index >= 15 is 0 Å². The average molecular weight is 419 g/mol. The monoisotopic (exact) mass is 418 g/mol. The molecular formula is C24H32F2N2O2. The van der Waals surface area contributed by atoms with Gasteiger partial charge in [-0.25, -0.2) is 8.78 Å². The molecule has 0 saturated carbocycles. The molecule has 0 aliphatic carbocycles. The molecule has 2 aromatic carbocycles. The number of halogens is 2. The van der Waals surface area contributed by atoms with Crippen LogP contribution in [-0.4, -0.2) is 56.8 Å². The molecule has 0 atom stereocenters. The number of methoxy groups -OCH3 is 2. The van der Waals surface area contributed by atoms with Crippen molar-refractivity contribution in [2.24, 2.45) is 5.92 Å². The second-order valence-electron chi connectivity index (χ2n) is 7.97. The molecule has 1 heterocycles. The molecule has 0 N–H and O–H groups in total. The zero-order chi connectivity index (χ0) is 21.3. The lowest BCUT2D eigenvalue weighted by Gasteiger charge is -2.35. The minimum Gasteiger partial charge on any atom is -0.496 e. The first-order valence-corrected chi connectivity index (χ1v) is 10.6. The van der Waals surface area contributed by atoms with Crippen LogP contribution in [0.1, 0.15) is 24.0 Å². The fourth-order valence-corrected chi connectivity index (χ4v) is 4.13. The molecular weight excluding hydrogens is 386 g/mol. The first kappa shape index (κ1) is 22.7. The minimum atomic E-state index is -0.788. The zero-order valence-corrected chi connectivity index (χ0v) is 17.9. The van der Waals surface area contributed by atoms with Gasteiger partial charge in [0, 0.05) is 44.4 Å². The highest BCUT2D eigenvalue weighted by Gasteiger charge is 2.23. The summed E-state index contributed by atoms with van der Waals surface area (Å²) in [5.74, 6) is -0.0646. The van der Waals surface area contributed by atoms with E-state index in [-0.39, 0.29) is 0 Å². The second-order valence-corrected chi connectivity index (χ2v) is 7.97. The topological polar surface area (TPSA) is 24.9 Å². The molecule has 3 rings (SSSR count). The van der Waals surface area contributed by atoms with Gasteiger partial charge in [0.1, 0.15) is 5.75 Å². The Morgan fingerprint density at radius 3 is 2.47 bits per heavy atom. The first-order valence-electron chi connectivity index (χ1n) is 10.6. The van der Waals surface area contributed by atoms with Gasteiger partial charge in [-0.15, -0.1) is 0 Å². The maximum Gasteiger partial charge on any atom is 0.163 e. The van der Waals surface area contributed by atoms with Gasteiger partial charge in [0.15, 0.2) is 11.6 Å². The van der Waals surface area contributed by atoms with E-state index in [2.05, 4.69) is 15.9 Å². The highest BCUT2D eigenvalue weighted by molar-refractivity contribution is 5.33. The van der Waals surface area contributed by atoms with E-state index in [1.807, 2.05) is 18.2 Å². The van der Waals surface area contributed by atoms with Crippen molar-refractivity contribution in [2.45, 2.75) is 25.9 Å². The third-order valence-corrected chi connectivity index (χ3v) is 5.85. The number of likely N-dealkylation sites (tertiary alicyclic amines) is 1. The van der Waals surface area contributed by atoms with E-state index < -0.39 is 11.6 Å². The van der Waals surface area contributed by atoms with Crippen molar-refractivity contribution in [3.8, 4) is 5.75 Å². The van der Waals surface area contributed by atoms with Crippen molar-refractivity contribution >= 4 is 0 Å². The van der Waals surface area contributed by atoms with E-state index in [0.717, 1.165) is 50.8 Å². The van der Waals surface area contributed by atoms with Crippen molar-refractivity contribution in [2.75, 3.05) is 47.0 Å². The summed E-state index contributed by atoms with van der Waals surface area (Å²) in [6.07, 6.45) is 2.18. The van der Waals surface area contributed by atoms with E-state index in [1.165, 1.54) is 5.56 Å². The van der Waals surface area contributed by atoms with Gasteiger partial charge in [-0.2, -0.15) is 0 Å². The van der Waals surface area contributed by atoms with Gasteiger partial charge in [0.2, 0.25) is 0 Å². The molecule has 30 heavy (non-hydrogen) atoms. The normalized spacial score (nSPS) is 15.6. The Bertz CT molecular complexity index is 795. The molecule has 0 radical (unpaired) electrons. The van der Waals surface area contributed by atoms with E-state index in [1.54, 1.807) is 26.4 Å². The Hall–Kier alpha value is -2.02. The molecule has 4 nitrogen and oxygen atoms in total. The van der Waals surface area contributed by atoms with Crippen LogP contribution in [0.25, 0.3) is 0 Å². The highest BCUT2D eigenvalue weighted by atomic mass is 19.2. The standard InChI is InChI=1S/C24H32F2N2O2/c1-29-15-14-28(18-21-7-5-8-22(25)24(21)26)16-19-10-12-27(13-11-19)17-20-6-3-4-9-23(20)30-2/h3-9,19H,10-18H2,1-2H3. The van der Waals surface area contributed by atoms with Gasteiger partial charge in [-0.1, -0.05) is 30.3 Å². The number of nitrogens with zero attached hydrogens (tertiary/aromatic N) is 2. The van der Waals surface area contributed by atoms with Crippen LogP contribution < -0.4 is 4.74 Å². The van der Waals surface area contributed by atoms with E-state index in [9.17, 15) is 8.78 Å². The molecule has 0 aromatic heterocycles. The number of ether oxygens (including phenoxy) is 2. The SMILES string of the molecule is COCCN(Cc1cccc(F)c1F)CC1CCN(Cc2ccccc2OC)CC1. The van der Waals surface area contributed by atoms with Crippen LogP contribution in [0.4, 0.5) is 8.78 Å². The Morgan fingerprint density at radius 1 is 1.00 bits per heavy atom. The molecule has 1 saturated heterocycles. The predicted octanol–water partition coefficient (Wildman–Crippen LogP) is 4.33. The minimum absolute atomic E-state index is 0.397. The van der Waals surface area contributed by atoms with Crippen molar-refractivity contribution in [1.82, 2.24) is 9.80 Å². The molecule has 0 unspecified atom stereocenters. The first-order chi connectivity index (χ1) is 14.6. The quantitative estimate of drug-likeness (QED) is 0.573. The summed E-state index contributed by atoms with van der Waals surface area (Å²) in [4.78, 5) is 4.64. The smallest absolute Gasteiger partial charge is 0.163 e. The highest BCUT2D eigenvalue weighted by Crippen LogP contribution is 2.24. The average Bonchev–Trinajstić information content (AvgIpc) is 2.77.